The van der Waals surface area contributed by atoms with Crippen molar-refractivity contribution in [1.29, 1.82) is 0 Å². The third-order valence-corrected chi connectivity index (χ3v) is 2.03. The molecule has 2 amide bonds. The number of aromatic nitrogens is 1. The van der Waals surface area contributed by atoms with Crippen molar-refractivity contribution in [2.75, 3.05) is 18.9 Å². The lowest BCUT2D eigenvalue weighted by molar-refractivity contribution is -0.137. The van der Waals surface area contributed by atoms with Crippen molar-refractivity contribution in [2.24, 2.45) is 0 Å². The molecule has 96 valence electrons. The molecule has 0 spiro atoms. The Kier molecular flexibility index (Phi) is 4.36. The Morgan fingerprint density at radius 2 is 2.11 bits per heavy atom. The van der Waals surface area contributed by atoms with E-state index in [-0.39, 0.29) is 17.3 Å². The third kappa shape index (κ3) is 3.85. The van der Waals surface area contributed by atoms with Crippen molar-refractivity contribution in [1.82, 2.24) is 9.88 Å². The standard InChI is InChI=1S/C11H13N3O4/c1-7(15)13-9-5-8(3-4-12-9)11(18)14(2)6-10(16)17/h3-5H,6H2,1-2H3,(H,16,17)(H,12,13,15). The molecule has 7 nitrogen and oxygen atoms in total. The molecule has 1 aromatic heterocycles. The summed E-state index contributed by atoms with van der Waals surface area (Å²) >= 11 is 0. The van der Waals surface area contributed by atoms with E-state index < -0.39 is 18.4 Å². The van der Waals surface area contributed by atoms with Gasteiger partial charge in [0.15, 0.2) is 0 Å². The lowest BCUT2D eigenvalue weighted by Gasteiger charge is -2.14. The van der Waals surface area contributed by atoms with Gasteiger partial charge in [0.2, 0.25) is 5.91 Å². The zero-order chi connectivity index (χ0) is 13.7. The van der Waals surface area contributed by atoms with E-state index in [1.165, 1.54) is 32.3 Å². The summed E-state index contributed by atoms with van der Waals surface area (Å²) in [5.41, 5.74) is 0.262. The van der Waals surface area contributed by atoms with Gasteiger partial charge in [-0.05, 0) is 12.1 Å². The van der Waals surface area contributed by atoms with E-state index in [9.17, 15) is 14.4 Å². The Hall–Kier alpha value is -2.44. The molecule has 0 unspecified atom stereocenters. The van der Waals surface area contributed by atoms with E-state index in [0.29, 0.717) is 0 Å². The maximum absolute atomic E-state index is 11.8. The fourth-order valence-corrected chi connectivity index (χ4v) is 1.31. The first-order valence-electron chi connectivity index (χ1n) is 5.11. The second-order valence-corrected chi connectivity index (χ2v) is 3.67. The second kappa shape index (κ2) is 5.76. The molecule has 0 atom stereocenters. The van der Waals surface area contributed by atoms with Gasteiger partial charge in [-0.1, -0.05) is 0 Å². The van der Waals surface area contributed by atoms with E-state index in [2.05, 4.69) is 10.3 Å². The van der Waals surface area contributed by atoms with Gasteiger partial charge in [0.05, 0.1) is 0 Å². The molecule has 0 saturated heterocycles. The highest BCUT2D eigenvalue weighted by Gasteiger charge is 2.15. The number of hydrogen-bond acceptors (Lipinski definition) is 4. The molecule has 1 rings (SSSR count). The second-order valence-electron chi connectivity index (χ2n) is 3.67. The van der Waals surface area contributed by atoms with E-state index in [1.807, 2.05) is 0 Å². The number of carbonyl (C=O) groups is 3. The van der Waals surface area contributed by atoms with Crippen LogP contribution in [-0.4, -0.2) is 46.4 Å². The molecular weight excluding hydrogens is 238 g/mol. The van der Waals surface area contributed by atoms with Crippen LogP contribution in [0.5, 0.6) is 0 Å². The van der Waals surface area contributed by atoms with E-state index >= 15 is 0 Å². The summed E-state index contributed by atoms with van der Waals surface area (Å²) in [5, 5.41) is 11.0. The van der Waals surface area contributed by atoms with Crippen LogP contribution < -0.4 is 5.32 Å². The molecule has 0 aliphatic carbocycles. The van der Waals surface area contributed by atoms with Crippen LogP contribution in [0.1, 0.15) is 17.3 Å². The summed E-state index contributed by atoms with van der Waals surface area (Å²) in [7, 11) is 1.38. The van der Waals surface area contributed by atoms with Crippen LogP contribution in [-0.2, 0) is 9.59 Å². The van der Waals surface area contributed by atoms with Crippen LogP contribution in [0, 0.1) is 0 Å². The SMILES string of the molecule is CC(=O)Nc1cc(C(=O)N(C)CC(=O)O)ccn1. The number of carboxylic acid groups (broad SMARTS) is 1. The van der Waals surface area contributed by atoms with Gasteiger partial charge in [0.25, 0.3) is 5.91 Å². The maximum Gasteiger partial charge on any atom is 0.323 e. The molecule has 18 heavy (non-hydrogen) atoms. The van der Waals surface area contributed by atoms with Crippen LogP contribution in [0.3, 0.4) is 0 Å². The molecule has 1 heterocycles. The number of nitrogens with one attached hydrogen (secondary N) is 1. The highest BCUT2D eigenvalue weighted by atomic mass is 16.4. The number of likely N-dealkylation sites (N-methyl/N-ethyl adjacent to an activating group) is 1. The monoisotopic (exact) mass is 251 g/mol. The molecule has 2 N–H and O–H groups in total. The largest absolute Gasteiger partial charge is 0.480 e. The predicted molar refractivity (Wildman–Crippen MR) is 63.1 cm³/mol. The zero-order valence-electron chi connectivity index (χ0n) is 10.0. The fourth-order valence-electron chi connectivity index (χ4n) is 1.31. The number of aliphatic carboxylic acids is 1. The smallest absolute Gasteiger partial charge is 0.323 e. The molecule has 1 aromatic rings. The lowest BCUT2D eigenvalue weighted by Crippen LogP contribution is -2.32. The van der Waals surface area contributed by atoms with Crippen LogP contribution >= 0.6 is 0 Å². The minimum Gasteiger partial charge on any atom is -0.480 e. The summed E-state index contributed by atoms with van der Waals surface area (Å²) in [6, 6.07) is 2.84. The Morgan fingerprint density at radius 3 is 2.67 bits per heavy atom. The van der Waals surface area contributed by atoms with Crippen LogP contribution in [0.4, 0.5) is 5.82 Å². The van der Waals surface area contributed by atoms with Crippen LogP contribution in [0.2, 0.25) is 0 Å². The Bertz CT molecular complexity index is 487. The zero-order valence-corrected chi connectivity index (χ0v) is 10.0. The Balaban J connectivity index is 2.85. The first-order valence-corrected chi connectivity index (χ1v) is 5.11. The third-order valence-electron chi connectivity index (χ3n) is 2.03. The average Bonchev–Trinajstić information content (AvgIpc) is 2.26. The summed E-state index contributed by atoms with van der Waals surface area (Å²) in [6.45, 7) is 0.934. The molecule has 0 bridgehead atoms. The number of anilines is 1. The summed E-state index contributed by atoms with van der Waals surface area (Å²) in [4.78, 5) is 38.1. The molecule has 0 aliphatic heterocycles. The highest BCUT2D eigenvalue weighted by Crippen LogP contribution is 2.09. The minimum absolute atomic E-state index is 0.247. The van der Waals surface area contributed by atoms with Crippen molar-refractivity contribution in [3.63, 3.8) is 0 Å². The highest BCUT2D eigenvalue weighted by molar-refractivity contribution is 5.97. The summed E-state index contributed by atoms with van der Waals surface area (Å²) < 4.78 is 0. The van der Waals surface area contributed by atoms with Crippen LogP contribution in [0.15, 0.2) is 18.3 Å². The van der Waals surface area contributed by atoms with Crippen molar-refractivity contribution in [2.45, 2.75) is 6.92 Å². The number of hydrogen-bond donors (Lipinski definition) is 2. The molecule has 7 heteroatoms. The van der Waals surface area contributed by atoms with Crippen LogP contribution in [0.25, 0.3) is 0 Å². The first kappa shape index (κ1) is 13.6. The molecule has 0 fully saturated rings. The topological polar surface area (TPSA) is 99.6 Å². The number of carboxylic acids is 1. The number of rotatable bonds is 4. The van der Waals surface area contributed by atoms with Gasteiger partial charge in [0.1, 0.15) is 12.4 Å². The van der Waals surface area contributed by atoms with Gasteiger partial charge < -0.3 is 15.3 Å². The first-order chi connectivity index (χ1) is 8.40. The van der Waals surface area contributed by atoms with Gasteiger partial charge >= 0.3 is 5.97 Å². The summed E-state index contributed by atoms with van der Waals surface area (Å²) in [6.07, 6.45) is 1.37. The Labute approximate surface area is 103 Å². The van der Waals surface area contributed by atoms with Gasteiger partial charge in [0, 0.05) is 25.7 Å². The van der Waals surface area contributed by atoms with Gasteiger partial charge in [-0.2, -0.15) is 0 Å². The quantitative estimate of drug-likeness (QED) is 0.796. The molecule has 0 radical (unpaired) electrons. The van der Waals surface area contributed by atoms with E-state index in [1.54, 1.807) is 0 Å². The number of amides is 2. The molecule has 0 aliphatic rings. The minimum atomic E-state index is -1.10. The van der Waals surface area contributed by atoms with Gasteiger partial charge in [-0.3, -0.25) is 14.4 Å². The van der Waals surface area contributed by atoms with Crippen molar-refractivity contribution in [3.05, 3.63) is 23.9 Å². The summed E-state index contributed by atoms with van der Waals surface area (Å²) in [5.74, 6) is -1.60. The van der Waals surface area contributed by atoms with E-state index in [4.69, 9.17) is 5.11 Å². The maximum atomic E-state index is 11.8. The fraction of sp³-hybridized carbons (Fsp3) is 0.273. The normalized spacial score (nSPS) is 9.67. The molecule has 0 saturated carbocycles. The molecule has 0 aromatic carbocycles. The lowest BCUT2D eigenvalue weighted by atomic mass is 10.2. The average molecular weight is 251 g/mol. The Morgan fingerprint density at radius 1 is 1.44 bits per heavy atom. The van der Waals surface area contributed by atoms with Crippen molar-refractivity contribution >= 4 is 23.6 Å². The predicted octanol–water partition coefficient (Wildman–Crippen LogP) is 0.197. The molecular formula is C11H13N3O4. The van der Waals surface area contributed by atoms with Crippen molar-refractivity contribution in [3.8, 4) is 0 Å². The number of nitrogens with zero attached hydrogens (tertiary/aromatic N) is 2. The van der Waals surface area contributed by atoms with Gasteiger partial charge in [-0.25, -0.2) is 4.98 Å². The van der Waals surface area contributed by atoms with Gasteiger partial charge in [-0.15, -0.1) is 0 Å². The van der Waals surface area contributed by atoms with Crippen molar-refractivity contribution < 1.29 is 19.5 Å². The van der Waals surface area contributed by atoms with E-state index in [0.717, 1.165) is 4.90 Å². The number of pyridine rings is 1. The number of carbonyl (C=O) groups excluding carboxylic acids is 2.